The number of sulfone groups is 1. The van der Waals surface area contributed by atoms with E-state index in [1.165, 1.54) is 21.3 Å². The molecule has 1 unspecified atom stereocenters. The van der Waals surface area contributed by atoms with Crippen LogP contribution in [0.25, 0.3) is 27.8 Å². The molecule has 6 rings (SSSR count). The highest BCUT2D eigenvalue weighted by atomic mass is 32.2. The molecular formula is C23H21FN8O4S. The SMILES string of the molecule is CS(=O)(=O)c1ccc(Nc2nc(N)c3c(n2)n(C2CCOC2)c(=O)n3-c2ccc3cn[nH]c3c2)c(F)c1. The van der Waals surface area contributed by atoms with Crippen molar-refractivity contribution in [3.8, 4) is 5.69 Å². The Kier molecular flexibility index (Phi) is 5.24. The van der Waals surface area contributed by atoms with Crippen molar-refractivity contribution in [1.82, 2.24) is 29.3 Å². The van der Waals surface area contributed by atoms with Crippen molar-refractivity contribution in [1.29, 1.82) is 0 Å². The third-order valence-electron chi connectivity index (χ3n) is 6.31. The van der Waals surface area contributed by atoms with Crippen molar-refractivity contribution in [3.63, 3.8) is 0 Å². The first-order valence-corrected chi connectivity index (χ1v) is 13.2. The number of aromatic amines is 1. The van der Waals surface area contributed by atoms with E-state index in [4.69, 9.17) is 10.5 Å². The molecule has 4 heterocycles. The third-order valence-corrected chi connectivity index (χ3v) is 7.42. The van der Waals surface area contributed by atoms with E-state index in [1.807, 2.05) is 6.07 Å². The van der Waals surface area contributed by atoms with Crippen LogP contribution in [0.3, 0.4) is 0 Å². The molecule has 14 heteroatoms. The predicted octanol–water partition coefficient (Wildman–Crippen LogP) is 2.29. The van der Waals surface area contributed by atoms with Gasteiger partial charge in [0.25, 0.3) is 0 Å². The molecule has 0 radical (unpaired) electrons. The lowest BCUT2D eigenvalue weighted by Crippen LogP contribution is -2.27. The van der Waals surface area contributed by atoms with Gasteiger partial charge in [-0.25, -0.2) is 17.6 Å². The lowest BCUT2D eigenvalue weighted by atomic mass is 10.2. The van der Waals surface area contributed by atoms with Gasteiger partial charge in [0.05, 0.1) is 40.6 Å². The molecule has 0 saturated carbocycles. The van der Waals surface area contributed by atoms with Crippen LogP contribution in [0.15, 0.2) is 52.3 Å². The normalized spacial score (nSPS) is 16.1. The highest BCUT2D eigenvalue weighted by molar-refractivity contribution is 7.90. The minimum absolute atomic E-state index is 0.000127. The van der Waals surface area contributed by atoms with E-state index >= 15 is 0 Å². The van der Waals surface area contributed by atoms with Gasteiger partial charge in [-0.2, -0.15) is 15.1 Å². The number of nitrogens with two attached hydrogens (primary N) is 1. The number of H-pyrrole nitrogens is 1. The summed E-state index contributed by atoms with van der Waals surface area (Å²) in [5, 5.41) is 10.5. The van der Waals surface area contributed by atoms with Gasteiger partial charge in [0.15, 0.2) is 21.3 Å². The zero-order valence-corrected chi connectivity index (χ0v) is 20.3. The van der Waals surface area contributed by atoms with Crippen LogP contribution >= 0.6 is 0 Å². The maximum Gasteiger partial charge on any atom is 0.335 e. The smallest absolute Gasteiger partial charge is 0.335 e. The second-order valence-electron chi connectivity index (χ2n) is 8.79. The van der Waals surface area contributed by atoms with Crippen LogP contribution in [0.5, 0.6) is 0 Å². The molecule has 0 aliphatic carbocycles. The van der Waals surface area contributed by atoms with Crippen LogP contribution in [0.2, 0.25) is 0 Å². The first kappa shape index (κ1) is 23.1. The van der Waals surface area contributed by atoms with Crippen molar-refractivity contribution in [2.45, 2.75) is 17.4 Å². The fourth-order valence-electron chi connectivity index (χ4n) is 4.50. The van der Waals surface area contributed by atoms with E-state index in [9.17, 15) is 17.6 Å². The Hall–Kier alpha value is -4.30. The van der Waals surface area contributed by atoms with Crippen LogP contribution in [-0.4, -0.2) is 57.2 Å². The maximum atomic E-state index is 14.7. The molecule has 1 fully saturated rings. The number of nitrogens with one attached hydrogen (secondary N) is 2. The third kappa shape index (κ3) is 3.90. The molecular weight excluding hydrogens is 503 g/mol. The summed E-state index contributed by atoms with van der Waals surface area (Å²) in [5.41, 5.74) is 7.77. The molecule has 0 spiro atoms. The fraction of sp³-hybridized carbons (Fsp3) is 0.217. The van der Waals surface area contributed by atoms with Gasteiger partial charge in [0, 0.05) is 18.2 Å². The van der Waals surface area contributed by atoms with E-state index in [-0.39, 0.29) is 39.7 Å². The Morgan fingerprint density at radius 3 is 2.78 bits per heavy atom. The Morgan fingerprint density at radius 1 is 1.22 bits per heavy atom. The van der Waals surface area contributed by atoms with Crippen molar-refractivity contribution in [2.24, 2.45) is 0 Å². The summed E-state index contributed by atoms with van der Waals surface area (Å²) in [7, 11) is -3.58. The van der Waals surface area contributed by atoms with Gasteiger partial charge in [0.2, 0.25) is 5.95 Å². The Balaban J connectivity index is 1.52. The van der Waals surface area contributed by atoms with E-state index < -0.39 is 15.7 Å². The molecule has 3 aromatic heterocycles. The Morgan fingerprint density at radius 2 is 2.05 bits per heavy atom. The van der Waals surface area contributed by atoms with Crippen molar-refractivity contribution < 1.29 is 17.5 Å². The fourth-order valence-corrected chi connectivity index (χ4v) is 5.13. The molecule has 37 heavy (non-hydrogen) atoms. The monoisotopic (exact) mass is 524 g/mol. The van der Waals surface area contributed by atoms with Gasteiger partial charge in [-0.1, -0.05) is 0 Å². The number of nitrogens with zero attached hydrogens (tertiary/aromatic N) is 5. The number of anilines is 3. The van der Waals surface area contributed by atoms with Crippen LogP contribution in [0, 0.1) is 5.82 Å². The van der Waals surface area contributed by atoms with Gasteiger partial charge in [-0.05, 0) is 42.8 Å². The zero-order chi connectivity index (χ0) is 25.9. The molecule has 1 aliphatic rings. The Labute approximate surface area is 208 Å². The number of hydrogen-bond acceptors (Lipinski definition) is 9. The van der Waals surface area contributed by atoms with Crippen LogP contribution in [0.4, 0.5) is 21.8 Å². The minimum atomic E-state index is -3.58. The number of halogens is 1. The average Bonchev–Trinajstić information content (AvgIpc) is 3.58. The first-order valence-electron chi connectivity index (χ1n) is 11.3. The lowest BCUT2D eigenvalue weighted by Gasteiger charge is -2.11. The standard InChI is InChI=1S/C23H21FN8O4S/c1-37(34,35)15-4-5-17(16(24)9-15)27-22-28-20(25)19-21(29-22)32(14-6-7-36-11-14)23(33)31(19)13-3-2-12-10-26-30-18(12)8-13/h2-5,8-10,14H,6-7,11H2,1H3,(H,26,30)(H3,25,27,28,29). The molecule has 2 aromatic carbocycles. The summed E-state index contributed by atoms with van der Waals surface area (Å²) in [5.74, 6) is -0.859. The van der Waals surface area contributed by atoms with Gasteiger partial charge in [0.1, 0.15) is 11.3 Å². The molecule has 0 bridgehead atoms. The van der Waals surface area contributed by atoms with Crippen molar-refractivity contribution >= 4 is 49.4 Å². The number of hydrogen-bond donors (Lipinski definition) is 3. The molecule has 0 amide bonds. The highest BCUT2D eigenvalue weighted by Gasteiger charge is 2.28. The van der Waals surface area contributed by atoms with E-state index in [2.05, 4.69) is 25.5 Å². The van der Waals surface area contributed by atoms with E-state index in [1.54, 1.807) is 18.3 Å². The Bertz CT molecular complexity index is 1850. The van der Waals surface area contributed by atoms with Crippen molar-refractivity contribution in [2.75, 3.05) is 30.5 Å². The zero-order valence-electron chi connectivity index (χ0n) is 19.5. The molecule has 1 atom stereocenters. The number of imidazole rings is 1. The number of benzene rings is 2. The summed E-state index contributed by atoms with van der Waals surface area (Å²) >= 11 is 0. The van der Waals surface area contributed by atoms with Gasteiger partial charge in [-0.15, -0.1) is 0 Å². The van der Waals surface area contributed by atoms with Crippen LogP contribution in [-0.2, 0) is 14.6 Å². The molecule has 1 aliphatic heterocycles. The molecule has 5 aromatic rings. The summed E-state index contributed by atoms with van der Waals surface area (Å²) < 4.78 is 46.7. The lowest BCUT2D eigenvalue weighted by molar-refractivity contribution is 0.186. The molecule has 190 valence electrons. The topological polar surface area (TPSA) is 163 Å². The molecule has 1 saturated heterocycles. The van der Waals surface area contributed by atoms with Crippen LogP contribution < -0.4 is 16.7 Å². The number of fused-ring (bicyclic) bond motifs is 2. The molecule has 12 nitrogen and oxygen atoms in total. The van der Waals surface area contributed by atoms with Crippen molar-refractivity contribution in [3.05, 3.63) is 58.9 Å². The van der Waals surface area contributed by atoms with Gasteiger partial charge >= 0.3 is 5.69 Å². The summed E-state index contributed by atoms with van der Waals surface area (Å²) in [6, 6.07) is 8.57. The minimum Gasteiger partial charge on any atom is -0.382 e. The quantitative estimate of drug-likeness (QED) is 0.313. The maximum absolute atomic E-state index is 14.7. The second kappa shape index (κ2) is 8.38. The number of ether oxygens (including phenoxy) is 1. The molecule has 4 N–H and O–H groups in total. The summed E-state index contributed by atoms with van der Waals surface area (Å²) in [4.78, 5) is 22.4. The number of nitrogen functional groups attached to an aromatic ring is 1. The summed E-state index contributed by atoms with van der Waals surface area (Å²) in [6.07, 6.45) is 3.28. The average molecular weight is 525 g/mol. The first-order chi connectivity index (χ1) is 17.7. The highest BCUT2D eigenvalue weighted by Crippen LogP contribution is 2.30. The second-order valence-corrected chi connectivity index (χ2v) is 10.8. The van der Waals surface area contributed by atoms with E-state index in [0.29, 0.717) is 30.8 Å². The number of rotatable bonds is 5. The van der Waals surface area contributed by atoms with Crippen LogP contribution in [0.1, 0.15) is 12.5 Å². The largest absolute Gasteiger partial charge is 0.382 e. The van der Waals surface area contributed by atoms with E-state index in [0.717, 1.165) is 23.2 Å². The summed E-state index contributed by atoms with van der Waals surface area (Å²) in [6.45, 7) is 0.820. The predicted molar refractivity (Wildman–Crippen MR) is 134 cm³/mol. The number of aromatic nitrogens is 6. The van der Waals surface area contributed by atoms with Gasteiger partial charge in [-0.3, -0.25) is 14.2 Å². The van der Waals surface area contributed by atoms with Gasteiger partial charge < -0.3 is 15.8 Å².